The second-order valence-electron chi connectivity index (χ2n) is 8.58. The number of halogens is 3. The van der Waals surface area contributed by atoms with Gasteiger partial charge in [-0.1, -0.05) is 41.9 Å². The van der Waals surface area contributed by atoms with Crippen LogP contribution in [0.4, 0.5) is 5.69 Å². The van der Waals surface area contributed by atoms with Gasteiger partial charge in [-0.15, -0.1) is 24.8 Å². The predicted molar refractivity (Wildman–Crippen MR) is 153 cm³/mol. The lowest BCUT2D eigenvalue weighted by Crippen LogP contribution is -2.51. The van der Waals surface area contributed by atoms with Crippen LogP contribution < -0.4 is 9.64 Å². The number of carbonyl (C=O) groups excluding carboxylic acids is 1. The Bertz CT molecular complexity index is 1390. The Labute approximate surface area is 238 Å². The van der Waals surface area contributed by atoms with Crippen molar-refractivity contribution in [3.63, 3.8) is 0 Å². The average Bonchev–Trinajstić information content (AvgIpc) is 3.43. The van der Waals surface area contributed by atoms with Crippen molar-refractivity contribution in [2.75, 3.05) is 24.5 Å². The topological polar surface area (TPSA) is 85.3 Å². The van der Waals surface area contributed by atoms with E-state index in [9.17, 15) is 10.1 Å². The lowest BCUT2D eigenvalue weighted by Gasteiger charge is -2.38. The number of ether oxygens (including phenoxy) is 1. The van der Waals surface area contributed by atoms with Crippen molar-refractivity contribution in [3.05, 3.63) is 107 Å². The highest BCUT2D eigenvalue weighted by atomic mass is 35.5. The van der Waals surface area contributed by atoms with E-state index in [1.54, 1.807) is 29.6 Å². The first-order chi connectivity index (χ1) is 17.6. The number of amides is 1. The van der Waals surface area contributed by atoms with E-state index in [1.165, 1.54) is 0 Å². The number of hydrogen-bond donors (Lipinski definition) is 1. The SMILES string of the molecule is Cl.Cl.N#Cc1ccc(CC(c2cnc[nH]2)N2CCN(c3cccc(Cl)c3)C(=O)C2)cc1Oc1ccccc1. The Morgan fingerprint density at radius 2 is 1.87 bits per heavy atom. The molecule has 3 aromatic carbocycles. The smallest absolute Gasteiger partial charge is 0.241 e. The number of nitriles is 1. The third-order valence-electron chi connectivity index (χ3n) is 6.26. The number of para-hydroxylation sites is 1. The lowest BCUT2D eigenvalue weighted by atomic mass is 9.99. The highest BCUT2D eigenvalue weighted by Gasteiger charge is 2.31. The summed E-state index contributed by atoms with van der Waals surface area (Å²) in [6.07, 6.45) is 4.06. The molecule has 5 rings (SSSR count). The van der Waals surface area contributed by atoms with E-state index in [1.807, 2.05) is 60.7 Å². The van der Waals surface area contributed by atoms with Crippen LogP contribution in [0, 0.1) is 11.3 Å². The van der Waals surface area contributed by atoms with E-state index in [2.05, 4.69) is 20.9 Å². The quantitative estimate of drug-likeness (QED) is 0.286. The molecule has 2 heterocycles. The molecule has 1 aromatic heterocycles. The Balaban J connectivity index is 0.00000200. The van der Waals surface area contributed by atoms with Gasteiger partial charge in [0.25, 0.3) is 0 Å². The number of imidazole rings is 1. The minimum absolute atomic E-state index is 0. The van der Waals surface area contributed by atoms with Crippen molar-refractivity contribution in [2.45, 2.75) is 12.5 Å². The van der Waals surface area contributed by atoms with Gasteiger partial charge >= 0.3 is 0 Å². The van der Waals surface area contributed by atoms with Gasteiger partial charge in [-0.25, -0.2) is 4.98 Å². The zero-order chi connectivity index (χ0) is 24.9. The Morgan fingerprint density at radius 3 is 2.55 bits per heavy atom. The summed E-state index contributed by atoms with van der Waals surface area (Å²) in [4.78, 5) is 24.5. The third-order valence-corrected chi connectivity index (χ3v) is 6.49. The van der Waals surface area contributed by atoms with Gasteiger partial charge in [-0.3, -0.25) is 9.69 Å². The second-order valence-corrected chi connectivity index (χ2v) is 9.02. The summed E-state index contributed by atoms with van der Waals surface area (Å²) in [7, 11) is 0. The predicted octanol–water partition coefficient (Wildman–Crippen LogP) is 6.20. The number of benzene rings is 3. The Morgan fingerprint density at radius 1 is 1.05 bits per heavy atom. The fourth-order valence-corrected chi connectivity index (χ4v) is 4.65. The molecule has 0 bridgehead atoms. The average molecular weight is 571 g/mol. The van der Waals surface area contributed by atoms with Crippen molar-refractivity contribution in [2.24, 2.45) is 0 Å². The lowest BCUT2D eigenvalue weighted by molar-refractivity contribution is -0.122. The van der Waals surface area contributed by atoms with E-state index in [0.29, 0.717) is 41.6 Å². The van der Waals surface area contributed by atoms with Gasteiger partial charge in [0.2, 0.25) is 5.91 Å². The summed E-state index contributed by atoms with van der Waals surface area (Å²) in [5, 5.41) is 10.2. The van der Waals surface area contributed by atoms with Gasteiger partial charge in [0.1, 0.15) is 17.6 Å². The van der Waals surface area contributed by atoms with E-state index >= 15 is 0 Å². The maximum Gasteiger partial charge on any atom is 0.241 e. The second kappa shape index (κ2) is 13.3. The Hall–Kier alpha value is -3.54. The maximum absolute atomic E-state index is 13.1. The van der Waals surface area contributed by atoms with Crippen molar-refractivity contribution in [1.29, 1.82) is 5.26 Å². The summed E-state index contributed by atoms with van der Waals surface area (Å²) >= 11 is 6.14. The first kappa shape index (κ1) is 29.0. The molecule has 38 heavy (non-hydrogen) atoms. The first-order valence-electron chi connectivity index (χ1n) is 11.6. The summed E-state index contributed by atoms with van der Waals surface area (Å²) in [6, 6.07) is 24.5. The van der Waals surface area contributed by atoms with Crippen LogP contribution >= 0.6 is 36.4 Å². The molecule has 0 aliphatic carbocycles. The van der Waals surface area contributed by atoms with E-state index in [-0.39, 0.29) is 43.3 Å². The van der Waals surface area contributed by atoms with Crippen LogP contribution in [-0.4, -0.2) is 40.4 Å². The number of hydrogen-bond acceptors (Lipinski definition) is 5. The molecule has 4 aromatic rings. The standard InChI is InChI=1S/C28H24ClN5O2.2ClH/c29-22-5-4-6-23(15-22)34-12-11-33(18-28(34)35)26(25-17-31-19-32-25)13-20-9-10-21(16-30)27(14-20)36-24-7-2-1-3-8-24;;/h1-10,14-15,17,19,26H,11-13,18H2,(H,31,32);2*1H. The minimum atomic E-state index is -0.101. The van der Waals surface area contributed by atoms with E-state index < -0.39 is 0 Å². The van der Waals surface area contributed by atoms with Crippen molar-refractivity contribution < 1.29 is 9.53 Å². The van der Waals surface area contributed by atoms with Crippen LogP contribution in [0.15, 0.2) is 85.3 Å². The molecule has 1 unspecified atom stereocenters. The molecule has 1 aliphatic rings. The molecule has 1 N–H and O–H groups in total. The Kier molecular flexibility index (Phi) is 10.2. The molecule has 0 saturated carbocycles. The monoisotopic (exact) mass is 569 g/mol. The van der Waals surface area contributed by atoms with Gasteiger partial charge in [-0.05, 0) is 54.4 Å². The summed E-state index contributed by atoms with van der Waals surface area (Å²) < 4.78 is 6.02. The molecule has 1 aliphatic heterocycles. The van der Waals surface area contributed by atoms with Crippen LogP contribution in [0.5, 0.6) is 11.5 Å². The molecule has 196 valence electrons. The van der Waals surface area contributed by atoms with Gasteiger partial charge in [0.15, 0.2) is 0 Å². The molecule has 1 amide bonds. The number of piperazine rings is 1. The van der Waals surface area contributed by atoms with E-state index in [0.717, 1.165) is 16.9 Å². The molecule has 1 saturated heterocycles. The molecular formula is C28H26Cl3N5O2. The zero-order valence-corrected chi connectivity index (χ0v) is 22.7. The third kappa shape index (κ3) is 6.66. The molecule has 0 spiro atoms. The molecule has 0 radical (unpaired) electrons. The molecule has 1 atom stereocenters. The molecule has 1 fully saturated rings. The number of anilines is 1. The minimum Gasteiger partial charge on any atom is -0.456 e. The largest absolute Gasteiger partial charge is 0.456 e. The van der Waals surface area contributed by atoms with E-state index in [4.69, 9.17) is 16.3 Å². The molecule has 7 nitrogen and oxygen atoms in total. The summed E-state index contributed by atoms with van der Waals surface area (Å²) in [5.41, 5.74) is 3.18. The number of nitrogens with zero attached hydrogens (tertiary/aromatic N) is 4. The maximum atomic E-state index is 13.1. The highest BCUT2D eigenvalue weighted by Crippen LogP contribution is 2.31. The van der Waals surface area contributed by atoms with Crippen LogP contribution in [0.25, 0.3) is 0 Å². The van der Waals surface area contributed by atoms with Crippen molar-refractivity contribution in [3.8, 4) is 17.6 Å². The van der Waals surface area contributed by atoms with Gasteiger partial charge in [-0.2, -0.15) is 5.26 Å². The summed E-state index contributed by atoms with van der Waals surface area (Å²) in [5.74, 6) is 1.19. The number of carbonyl (C=O) groups is 1. The van der Waals surface area contributed by atoms with Crippen LogP contribution in [0.3, 0.4) is 0 Å². The number of aromatic amines is 1. The van der Waals surface area contributed by atoms with Crippen LogP contribution in [0.1, 0.15) is 22.9 Å². The number of rotatable bonds is 7. The van der Waals surface area contributed by atoms with Crippen LogP contribution in [0.2, 0.25) is 5.02 Å². The van der Waals surface area contributed by atoms with Crippen LogP contribution in [-0.2, 0) is 11.2 Å². The molecular weight excluding hydrogens is 545 g/mol. The zero-order valence-electron chi connectivity index (χ0n) is 20.3. The fourth-order valence-electron chi connectivity index (χ4n) is 4.47. The summed E-state index contributed by atoms with van der Waals surface area (Å²) in [6.45, 7) is 1.50. The number of nitrogens with one attached hydrogen (secondary N) is 1. The normalized spacial score (nSPS) is 14.1. The van der Waals surface area contributed by atoms with Crippen molar-refractivity contribution >= 4 is 48.0 Å². The van der Waals surface area contributed by atoms with Gasteiger partial charge in [0, 0.05) is 30.0 Å². The number of aromatic nitrogens is 2. The van der Waals surface area contributed by atoms with Gasteiger partial charge < -0.3 is 14.6 Å². The first-order valence-corrected chi connectivity index (χ1v) is 12.0. The number of H-pyrrole nitrogens is 1. The van der Waals surface area contributed by atoms with Gasteiger partial charge in [0.05, 0.1) is 30.2 Å². The highest BCUT2D eigenvalue weighted by molar-refractivity contribution is 6.30. The fraction of sp³-hybridized carbons (Fsp3) is 0.179. The van der Waals surface area contributed by atoms with Crippen molar-refractivity contribution in [1.82, 2.24) is 14.9 Å². The molecule has 10 heteroatoms.